The van der Waals surface area contributed by atoms with Crippen LogP contribution in [0.15, 0.2) is 5.03 Å². The highest BCUT2D eigenvalue weighted by atomic mass is 32.2. The van der Waals surface area contributed by atoms with Crippen molar-refractivity contribution in [2.75, 3.05) is 6.26 Å². The minimum atomic E-state index is 0.460. The molecule has 3 heteroatoms. The Kier molecular flexibility index (Phi) is 3.31. The Hall–Kier alpha value is -0.570. The zero-order chi connectivity index (χ0) is 10.0. The molecule has 1 aromatic rings. The molecule has 0 aliphatic carbocycles. The Morgan fingerprint density at radius 2 is 1.69 bits per heavy atom. The quantitative estimate of drug-likeness (QED) is 0.680. The normalized spacial score (nSPS) is 10.9. The molecule has 0 atom stereocenters. The number of nitrogens with zero attached hydrogens (tertiary/aromatic N) is 2. The minimum absolute atomic E-state index is 0.460. The molecule has 0 amide bonds. The van der Waals surface area contributed by atoms with Crippen LogP contribution in [0.4, 0.5) is 0 Å². The molecule has 72 valence electrons. The molecule has 0 N–H and O–H groups in total. The Balaban J connectivity index is 3.23. The van der Waals surface area contributed by atoms with E-state index < -0.39 is 0 Å². The van der Waals surface area contributed by atoms with Crippen LogP contribution in [0.2, 0.25) is 0 Å². The Morgan fingerprint density at radius 1 is 1.08 bits per heavy atom. The number of aromatic nitrogens is 2. The van der Waals surface area contributed by atoms with Crippen LogP contribution in [0.1, 0.15) is 36.6 Å². The SMILES string of the molecule is CSc1nnc(C(C)C)c(C)c1C. The zero-order valence-corrected chi connectivity index (χ0v) is 9.70. The van der Waals surface area contributed by atoms with Crippen molar-refractivity contribution in [2.45, 2.75) is 38.6 Å². The average molecular weight is 196 g/mol. The monoisotopic (exact) mass is 196 g/mol. The van der Waals surface area contributed by atoms with E-state index in [0.29, 0.717) is 5.92 Å². The van der Waals surface area contributed by atoms with Crippen molar-refractivity contribution in [3.05, 3.63) is 16.8 Å². The lowest BCUT2D eigenvalue weighted by molar-refractivity contribution is 0.742. The molecule has 2 nitrogen and oxygen atoms in total. The lowest BCUT2D eigenvalue weighted by Crippen LogP contribution is -2.03. The molecule has 1 aromatic heterocycles. The zero-order valence-electron chi connectivity index (χ0n) is 8.88. The molecule has 0 fully saturated rings. The first kappa shape index (κ1) is 10.5. The molecule has 0 saturated carbocycles. The van der Waals surface area contributed by atoms with Crippen LogP contribution in [0.3, 0.4) is 0 Å². The van der Waals surface area contributed by atoms with Crippen molar-refractivity contribution in [3.63, 3.8) is 0 Å². The Labute approximate surface area is 84.2 Å². The highest BCUT2D eigenvalue weighted by Gasteiger charge is 2.10. The molecule has 0 aliphatic rings. The standard InChI is InChI=1S/C10H16N2S/c1-6(2)9-7(3)8(4)10(13-5)12-11-9/h6H,1-5H3. The lowest BCUT2D eigenvalue weighted by atomic mass is 10.0. The van der Waals surface area contributed by atoms with Crippen molar-refractivity contribution in [1.29, 1.82) is 0 Å². The van der Waals surface area contributed by atoms with Gasteiger partial charge in [-0.05, 0) is 37.1 Å². The maximum atomic E-state index is 4.24. The first-order valence-corrected chi connectivity index (χ1v) is 5.68. The van der Waals surface area contributed by atoms with Crippen LogP contribution < -0.4 is 0 Å². The van der Waals surface area contributed by atoms with Gasteiger partial charge in [0.25, 0.3) is 0 Å². The maximum absolute atomic E-state index is 4.24. The summed E-state index contributed by atoms with van der Waals surface area (Å²) in [6.07, 6.45) is 2.03. The van der Waals surface area contributed by atoms with Crippen LogP contribution >= 0.6 is 11.8 Å². The summed E-state index contributed by atoms with van der Waals surface area (Å²) >= 11 is 1.66. The summed E-state index contributed by atoms with van der Waals surface area (Å²) in [6.45, 7) is 8.53. The third kappa shape index (κ3) is 2.02. The third-order valence-electron chi connectivity index (χ3n) is 2.26. The van der Waals surface area contributed by atoms with Gasteiger partial charge in [0.1, 0.15) is 5.03 Å². The first-order valence-electron chi connectivity index (χ1n) is 4.45. The van der Waals surface area contributed by atoms with Crippen molar-refractivity contribution in [3.8, 4) is 0 Å². The molecular formula is C10H16N2S. The van der Waals surface area contributed by atoms with Gasteiger partial charge in [-0.15, -0.1) is 16.9 Å². The van der Waals surface area contributed by atoms with Gasteiger partial charge >= 0.3 is 0 Å². The van der Waals surface area contributed by atoms with E-state index >= 15 is 0 Å². The third-order valence-corrected chi connectivity index (χ3v) is 3.03. The van der Waals surface area contributed by atoms with Gasteiger partial charge in [-0.2, -0.15) is 5.10 Å². The highest BCUT2D eigenvalue weighted by molar-refractivity contribution is 7.98. The summed E-state index contributed by atoms with van der Waals surface area (Å²) in [6, 6.07) is 0. The predicted molar refractivity (Wildman–Crippen MR) is 57.4 cm³/mol. The van der Waals surface area contributed by atoms with E-state index in [1.54, 1.807) is 11.8 Å². The van der Waals surface area contributed by atoms with Crippen LogP contribution in [-0.4, -0.2) is 16.5 Å². The first-order chi connectivity index (χ1) is 6.07. The number of hydrogen-bond donors (Lipinski definition) is 0. The van der Waals surface area contributed by atoms with Crippen molar-refractivity contribution in [2.24, 2.45) is 0 Å². The topological polar surface area (TPSA) is 25.8 Å². The van der Waals surface area contributed by atoms with Crippen molar-refractivity contribution in [1.82, 2.24) is 10.2 Å². The summed E-state index contributed by atoms with van der Waals surface area (Å²) < 4.78 is 0. The molecule has 0 spiro atoms. The fourth-order valence-corrected chi connectivity index (χ4v) is 1.93. The molecule has 0 radical (unpaired) electrons. The van der Waals surface area contributed by atoms with E-state index in [9.17, 15) is 0 Å². The van der Waals surface area contributed by atoms with Crippen LogP contribution in [-0.2, 0) is 0 Å². The van der Waals surface area contributed by atoms with E-state index in [2.05, 4.69) is 37.9 Å². The molecule has 0 saturated heterocycles. The second kappa shape index (κ2) is 4.09. The Bertz CT molecular complexity index is 308. The van der Waals surface area contributed by atoms with Gasteiger partial charge in [0.05, 0.1) is 5.69 Å². The largest absolute Gasteiger partial charge is 0.154 e. The summed E-state index contributed by atoms with van der Waals surface area (Å²) in [5, 5.41) is 9.47. The minimum Gasteiger partial charge on any atom is -0.154 e. The van der Waals surface area contributed by atoms with E-state index in [-0.39, 0.29) is 0 Å². The molecule has 0 bridgehead atoms. The molecule has 13 heavy (non-hydrogen) atoms. The average Bonchev–Trinajstić information content (AvgIpc) is 2.09. The molecular weight excluding hydrogens is 180 g/mol. The van der Waals surface area contributed by atoms with E-state index in [1.807, 2.05) is 6.26 Å². The predicted octanol–water partition coefficient (Wildman–Crippen LogP) is 2.94. The van der Waals surface area contributed by atoms with Gasteiger partial charge in [0.15, 0.2) is 0 Å². The van der Waals surface area contributed by atoms with Crippen LogP contribution in [0.25, 0.3) is 0 Å². The fraction of sp³-hybridized carbons (Fsp3) is 0.600. The summed E-state index contributed by atoms with van der Waals surface area (Å²) in [4.78, 5) is 0. The second-order valence-corrected chi connectivity index (χ2v) is 4.29. The number of hydrogen-bond acceptors (Lipinski definition) is 3. The summed E-state index contributed by atoms with van der Waals surface area (Å²) in [7, 11) is 0. The van der Waals surface area contributed by atoms with Gasteiger partial charge in [0.2, 0.25) is 0 Å². The van der Waals surface area contributed by atoms with E-state index in [4.69, 9.17) is 0 Å². The van der Waals surface area contributed by atoms with Gasteiger partial charge in [-0.3, -0.25) is 0 Å². The molecule has 1 heterocycles. The molecule has 0 aliphatic heterocycles. The molecule has 0 unspecified atom stereocenters. The highest BCUT2D eigenvalue weighted by Crippen LogP contribution is 2.24. The summed E-state index contributed by atoms with van der Waals surface area (Å²) in [5.74, 6) is 0.460. The van der Waals surface area contributed by atoms with Crippen molar-refractivity contribution >= 4 is 11.8 Å². The van der Waals surface area contributed by atoms with Crippen LogP contribution in [0, 0.1) is 13.8 Å². The van der Waals surface area contributed by atoms with Crippen molar-refractivity contribution < 1.29 is 0 Å². The van der Waals surface area contributed by atoms with Gasteiger partial charge in [0, 0.05) is 0 Å². The number of rotatable bonds is 2. The fourth-order valence-electron chi connectivity index (χ4n) is 1.34. The smallest absolute Gasteiger partial charge is 0.122 e. The Morgan fingerprint density at radius 3 is 2.15 bits per heavy atom. The van der Waals surface area contributed by atoms with Gasteiger partial charge in [-0.1, -0.05) is 13.8 Å². The van der Waals surface area contributed by atoms with Gasteiger partial charge in [-0.25, -0.2) is 0 Å². The van der Waals surface area contributed by atoms with Crippen LogP contribution in [0.5, 0.6) is 0 Å². The molecule has 1 rings (SSSR count). The maximum Gasteiger partial charge on any atom is 0.122 e. The lowest BCUT2D eigenvalue weighted by Gasteiger charge is -2.11. The summed E-state index contributed by atoms with van der Waals surface area (Å²) in [5.41, 5.74) is 3.68. The van der Waals surface area contributed by atoms with Gasteiger partial charge < -0.3 is 0 Å². The van der Waals surface area contributed by atoms with E-state index in [1.165, 1.54) is 11.1 Å². The van der Waals surface area contributed by atoms with E-state index in [0.717, 1.165) is 10.7 Å². The molecule has 0 aromatic carbocycles. The second-order valence-electron chi connectivity index (χ2n) is 3.50. The number of thioether (sulfide) groups is 1.